The first kappa shape index (κ1) is 16.1. The highest BCUT2D eigenvalue weighted by Gasteiger charge is 2.31. The molecular formula is C19H20F3N. The van der Waals surface area contributed by atoms with Crippen molar-refractivity contribution in [3.05, 3.63) is 59.2 Å². The second-order valence-corrected chi connectivity index (χ2v) is 6.38. The molecular weight excluding hydrogens is 299 g/mol. The molecule has 0 amide bonds. The van der Waals surface area contributed by atoms with E-state index in [0.717, 1.165) is 30.9 Å². The van der Waals surface area contributed by atoms with Crippen LogP contribution < -0.4 is 0 Å². The zero-order chi connectivity index (χ0) is 16.6. The predicted octanol–water partition coefficient (Wildman–Crippen LogP) is 4.79. The zero-order valence-electron chi connectivity index (χ0n) is 13.3. The van der Waals surface area contributed by atoms with Crippen molar-refractivity contribution in [1.29, 1.82) is 0 Å². The Labute approximate surface area is 134 Å². The Balaban J connectivity index is 2.01. The van der Waals surface area contributed by atoms with Gasteiger partial charge in [0.1, 0.15) is 0 Å². The number of halogens is 3. The van der Waals surface area contributed by atoms with Gasteiger partial charge < -0.3 is 4.90 Å². The first-order chi connectivity index (χ1) is 10.9. The minimum atomic E-state index is -4.30. The molecule has 1 aliphatic rings. The highest BCUT2D eigenvalue weighted by molar-refractivity contribution is 5.70. The molecule has 1 unspecified atom stereocenters. The maximum Gasteiger partial charge on any atom is 0.416 e. The van der Waals surface area contributed by atoms with E-state index < -0.39 is 11.7 Å². The van der Waals surface area contributed by atoms with Crippen molar-refractivity contribution in [2.75, 3.05) is 14.1 Å². The number of hydrogen-bond acceptors (Lipinski definition) is 1. The van der Waals surface area contributed by atoms with E-state index in [2.05, 4.69) is 25.1 Å². The van der Waals surface area contributed by atoms with Gasteiger partial charge in [0.15, 0.2) is 0 Å². The second-order valence-electron chi connectivity index (χ2n) is 6.38. The fourth-order valence-electron chi connectivity index (χ4n) is 3.36. The van der Waals surface area contributed by atoms with Crippen LogP contribution in [0.3, 0.4) is 0 Å². The summed E-state index contributed by atoms with van der Waals surface area (Å²) in [4.78, 5) is 2.22. The van der Waals surface area contributed by atoms with Crippen molar-refractivity contribution in [3.8, 4) is 11.1 Å². The van der Waals surface area contributed by atoms with Crippen molar-refractivity contribution in [1.82, 2.24) is 4.90 Å². The Morgan fingerprint density at radius 1 is 1.04 bits per heavy atom. The lowest BCUT2D eigenvalue weighted by Crippen LogP contribution is -2.33. The Bertz CT molecular complexity index is 704. The van der Waals surface area contributed by atoms with Crippen LogP contribution in [0, 0.1) is 0 Å². The molecule has 0 spiro atoms. The molecule has 0 radical (unpaired) electrons. The van der Waals surface area contributed by atoms with Gasteiger partial charge in [0.2, 0.25) is 0 Å². The van der Waals surface area contributed by atoms with Gasteiger partial charge in [-0.1, -0.05) is 30.3 Å². The minimum absolute atomic E-state index is 0.499. The van der Waals surface area contributed by atoms with Crippen molar-refractivity contribution in [2.24, 2.45) is 0 Å². The van der Waals surface area contributed by atoms with Crippen molar-refractivity contribution < 1.29 is 13.2 Å². The highest BCUT2D eigenvalue weighted by Crippen LogP contribution is 2.36. The van der Waals surface area contributed by atoms with Crippen LogP contribution in [0.5, 0.6) is 0 Å². The van der Waals surface area contributed by atoms with E-state index in [1.165, 1.54) is 23.3 Å². The summed E-state index contributed by atoms with van der Waals surface area (Å²) in [5.41, 5.74) is 3.45. The summed E-state index contributed by atoms with van der Waals surface area (Å²) in [5, 5.41) is 0. The standard InChI is InChI=1S/C19H20F3N/c1-23(2)16-9-10-18-14(12-16)6-4-8-17(18)13-5-3-7-15(11-13)19(20,21)22/h3-8,11,16H,9-10,12H2,1-2H3. The largest absolute Gasteiger partial charge is 0.416 e. The Kier molecular flexibility index (Phi) is 4.19. The van der Waals surface area contributed by atoms with Gasteiger partial charge in [-0.05, 0) is 67.7 Å². The van der Waals surface area contributed by atoms with Crippen LogP contribution in [0.25, 0.3) is 11.1 Å². The normalized spacial score (nSPS) is 18.1. The third-order valence-electron chi connectivity index (χ3n) is 4.69. The molecule has 0 fully saturated rings. The second kappa shape index (κ2) is 6.00. The van der Waals surface area contributed by atoms with E-state index in [0.29, 0.717) is 11.6 Å². The Hall–Kier alpha value is -1.81. The molecule has 1 atom stereocenters. The fourth-order valence-corrected chi connectivity index (χ4v) is 3.36. The lowest BCUT2D eigenvalue weighted by Gasteiger charge is -2.31. The quantitative estimate of drug-likeness (QED) is 0.769. The van der Waals surface area contributed by atoms with Gasteiger partial charge in [0.25, 0.3) is 0 Å². The van der Waals surface area contributed by atoms with Crippen LogP contribution in [-0.2, 0) is 19.0 Å². The van der Waals surface area contributed by atoms with Gasteiger partial charge in [0.05, 0.1) is 5.56 Å². The number of fused-ring (bicyclic) bond motifs is 1. The van der Waals surface area contributed by atoms with Gasteiger partial charge in [-0.15, -0.1) is 0 Å². The van der Waals surface area contributed by atoms with E-state index in [4.69, 9.17) is 0 Å². The lowest BCUT2D eigenvalue weighted by molar-refractivity contribution is -0.137. The lowest BCUT2D eigenvalue weighted by atomic mass is 9.83. The molecule has 3 rings (SSSR count). The van der Waals surface area contributed by atoms with Crippen LogP contribution in [0.15, 0.2) is 42.5 Å². The monoisotopic (exact) mass is 319 g/mol. The summed E-state index contributed by atoms with van der Waals surface area (Å²) in [6.45, 7) is 0. The van der Waals surface area contributed by atoms with E-state index in [9.17, 15) is 13.2 Å². The van der Waals surface area contributed by atoms with Crippen LogP contribution in [0.4, 0.5) is 13.2 Å². The molecule has 1 nitrogen and oxygen atoms in total. The fraction of sp³-hybridized carbons (Fsp3) is 0.368. The number of benzene rings is 2. The maximum atomic E-state index is 13.0. The highest BCUT2D eigenvalue weighted by atomic mass is 19.4. The summed E-state index contributed by atoms with van der Waals surface area (Å²) in [6, 6.07) is 12.1. The molecule has 1 aliphatic carbocycles. The van der Waals surface area contributed by atoms with E-state index in [-0.39, 0.29) is 0 Å². The number of likely N-dealkylation sites (N-methyl/N-ethyl adjacent to an activating group) is 1. The molecule has 4 heteroatoms. The van der Waals surface area contributed by atoms with Crippen LogP contribution in [0.2, 0.25) is 0 Å². The molecule has 0 heterocycles. The predicted molar refractivity (Wildman–Crippen MR) is 86.4 cm³/mol. The van der Waals surface area contributed by atoms with Crippen LogP contribution >= 0.6 is 0 Å². The van der Waals surface area contributed by atoms with Gasteiger partial charge in [-0.25, -0.2) is 0 Å². The summed E-state index contributed by atoms with van der Waals surface area (Å²) in [5.74, 6) is 0. The molecule has 23 heavy (non-hydrogen) atoms. The molecule has 122 valence electrons. The molecule has 2 aromatic carbocycles. The minimum Gasteiger partial charge on any atom is -0.306 e. The van der Waals surface area contributed by atoms with Crippen LogP contribution in [0.1, 0.15) is 23.1 Å². The average Bonchev–Trinajstić information content (AvgIpc) is 2.53. The molecule has 0 saturated heterocycles. The summed E-state index contributed by atoms with van der Waals surface area (Å²) < 4.78 is 38.9. The van der Waals surface area contributed by atoms with Gasteiger partial charge in [0, 0.05) is 6.04 Å². The van der Waals surface area contributed by atoms with Crippen molar-refractivity contribution in [3.63, 3.8) is 0 Å². The average molecular weight is 319 g/mol. The van der Waals surface area contributed by atoms with Gasteiger partial charge >= 0.3 is 6.18 Å². The number of alkyl halides is 3. The van der Waals surface area contributed by atoms with Crippen LogP contribution in [-0.4, -0.2) is 25.0 Å². The Morgan fingerprint density at radius 2 is 1.78 bits per heavy atom. The zero-order valence-corrected chi connectivity index (χ0v) is 13.3. The summed E-state index contributed by atoms with van der Waals surface area (Å²) in [6.07, 6.45) is -1.41. The smallest absolute Gasteiger partial charge is 0.306 e. The molecule has 2 aromatic rings. The SMILES string of the molecule is CN(C)C1CCc2c(cccc2-c2cccc(C(F)(F)F)c2)C1. The van der Waals surface area contributed by atoms with E-state index in [1.807, 2.05) is 12.1 Å². The number of hydrogen-bond donors (Lipinski definition) is 0. The topological polar surface area (TPSA) is 3.24 Å². The maximum absolute atomic E-state index is 13.0. The van der Waals surface area contributed by atoms with E-state index >= 15 is 0 Å². The summed E-state index contributed by atoms with van der Waals surface area (Å²) >= 11 is 0. The van der Waals surface area contributed by atoms with Gasteiger partial charge in [-0.3, -0.25) is 0 Å². The molecule has 0 bridgehead atoms. The Morgan fingerprint density at radius 3 is 2.48 bits per heavy atom. The summed E-state index contributed by atoms with van der Waals surface area (Å²) in [7, 11) is 4.15. The number of rotatable bonds is 2. The van der Waals surface area contributed by atoms with Crippen molar-refractivity contribution in [2.45, 2.75) is 31.5 Å². The molecule has 0 aromatic heterocycles. The third-order valence-corrected chi connectivity index (χ3v) is 4.69. The molecule has 0 N–H and O–H groups in total. The van der Waals surface area contributed by atoms with Gasteiger partial charge in [-0.2, -0.15) is 13.2 Å². The van der Waals surface area contributed by atoms with E-state index in [1.54, 1.807) is 6.07 Å². The molecule has 0 saturated carbocycles. The third kappa shape index (κ3) is 3.27. The van der Waals surface area contributed by atoms with Crippen molar-refractivity contribution >= 4 is 0 Å². The first-order valence-electron chi connectivity index (χ1n) is 7.81. The number of nitrogens with zero attached hydrogens (tertiary/aromatic N) is 1. The molecule has 0 aliphatic heterocycles. The first-order valence-corrected chi connectivity index (χ1v) is 7.81.